The molecule has 48 valence electrons. The van der Waals surface area contributed by atoms with Gasteiger partial charge in [0.25, 0.3) is 0 Å². The van der Waals surface area contributed by atoms with Crippen LogP contribution in [-0.2, 0) is 4.74 Å². The lowest BCUT2D eigenvalue weighted by atomic mass is 10.1. The van der Waals surface area contributed by atoms with Crippen LogP contribution in [0.4, 0.5) is 0 Å². The Hall–Kier alpha value is -0.120. The van der Waals surface area contributed by atoms with Crippen LogP contribution in [0.5, 0.6) is 0 Å². The van der Waals surface area contributed by atoms with Gasteiger partial charge < -0.3 is 10.5 Å². The van der Waals surface area contributed by atoms with Crippen molar-refractivity contribution in [3.63, 3.8) is 0 Å². The molecule has 1 aliphatic heterocycles. The van der Waals surface area contributed by atoms with Gasteiger partial charge in [0.05, 0.1) is 13.3 Å². The lowest BCUT2D eigenvalue weighted by Gasteiger charge is -2.26. The standard InChI is InChI=1S/C5H12N2O/c1-4-5(6)2-8-3-7-4/h4-5,7H,2-3,6H2,1H3. The van der Waals surface area contributed by atoms with Gasteiger partial charge in [-0.25, -0.2) is 0 Å². The maximum Gasteiger partial charge on any atom is 0.0968 e. The van der Waals surface area contributed by atoms with Crippen LogP contribution >= 0.6 is 0 Å². The zero-order chi connectivity index (χ0) is 5.98. The SMILES string of the molecule is CC1NCOCC1N. The molecule has 3 N–H and O–H groups in total. The molecule has 2 atom stereocenters. The topological polar surface area (TPSA) is 47.3 Å². The second kappa shape index (κ2) is 2.44. The van der Waals surface area contributed by atoms with Gasteiger partial charge in [-0.1, -0.05) is 0 Å². The lowest BCUT2D eigenvalue weighted by Crippen LogP contribution is -2.51. The van der Waals surface area contributed by atoms with Gasteiger partial charge in [-0.05, 0) is 6.92 Å². The normalized spacial score (nSPS) is 39.8. The fraction of sp³-hybridized carbons (Fsp3) is 1.00. The fourth-order valence-corrected chi connectivity index (χ4v) is 0.681. The number of ether oxygens (including phenoxy) is 1. The van der Waals surface area contributed by atoms with Gasteiger partial charge in [0.2, 0.25) is 0 Å². The van der Waals surface area contributed by atoms with Crippen molar-refractivity contribution in [1.82, 2.24) is 5.32 Å². The predicted molar refractivity (Wildman–Crippen MR) is 31.4 cm³/mol. The molecule has 1 fully saturated rings. The third kappa shape index (κ3) is 1.18. The molecule has 0 radical (unpaired) electrons. The van der Waals surface area contributed by atoms with Crippen molar-refractivity contribution < 1.29 is 4.74 Å². The first-order valence-corrected chi connectivity index (χ1v) is 2.87. The first-order chi connectivity index (χ1) is 3.80. The quantitative estimate of drug-likeness (QED) is 0.439. The molecule has 1 saturated heterocycles. The molecule has 0 aromatic rings. The van der Waals surface area contributed by atoms with Gasteiger partial charge >= 0.3 is 0 Å². The molecule has 3 nitrogen and oxygen atoms in total. The molecular weight excluding hydrogens is 104 g/mol. The van der Waals surface area contributed by atoms with Crippen molar-refractivity contribution in [3.05, 3.63) is 0 Å². The van der Waals surface area contributed by atoms with Crippen LogP contribution in [0, 0.1) is 0 Å². The van der Waals surface area contributed by atoms with E-state index >= 15 is 0 Å². The van der Waals surface area contributed by atoms with Gasteiger partial charge in [0.1, 0.15) is 0 Å². The van der Waals surface area contributed by atoms with Crippen LogP contribution in [0.25, 0.3) is 0 Å². The Labute approximate surface area is 49.2 Å². The number of nitrogens with two attached hydrogens (primary N) is 1. The Kier molecular flexibility index (Phi) is 1.83. The van der Waals surface area contributed by atoms with Crippen LogP contribution in [0.2, 0.25) is 0 Å². The fourth-order valence-electron chi connectivity index (χ4n) is 0.681. The van der Waals surface area contributed by atoms with Crippen LogP contribution in [-0.4, -0.2) is 25.4 Å². The zero-order valence-electron chi connectivity index (χ0n) is 5.05. The van der Waals surface area contributed by atoms with Crippen molar-refractivity contribution in [2.24, 2.45) is 5.73 Å². The molecule has 3 heteroatoms. The molecule has 0 spiro atoms. The summed E-state index contributed by atoms with van der Waals surface area (Å²) in [6, 6.07) is 0.576. The summed E-state index contributed by atoms with van der Waals surface area (Å²) in [5.41, 5.74) is 5.59. The summed E-state index contributed by atoms with van der Waals surface area (Å²) in [4.78, 5) is 0. The molecule has 0 amide bonds. The Morgan fingerprint density at radius 3 is 2.88 bits per heavy atom. The molecule has 0 saturated carbocycles. The van der Waals surface area contributed by atoms with E-state index in [9.17, 15) is 0 Å². The van der Waals surface area contributed by atoms with Crippen LogP contribution < -0.4 is 11.1 Å². The minimum absolute atomic E-state index is 0.170. The Morgan fingerprint density at radius 1 is 1.75 bits per heavy atom. The maximum atomic E-state index is 5.59. The summed E-state index contributed by atoms with van der Waals surface area (Å²) < 4.78 is 5.02. The largest absolute Gasteiger partial charge is 0.365 e. The average molecular weight is 116 g/mol. The monoisotopic (exact) mass is 116 g/mol. The smallest absolute Gasteiger partial charge is 0.0968 e. The maximum absolute atomic E-state index is 5.59. The van der Waals surface area contributed by atoms with E-state index in [1.165, 1.54) is 0 Å². The van der Waals surface area contributed by atoms with E-state index < -0.39 is 0 Å². The summed E-state index contributed by atoms with van der Waals surface area (Å²) in [5, 5.41) is 3.08. The van der Waals surface area contributed by atoms with Crippen LogP contribution in [0.3, 0.4) is 0 Å². The molecule has 0 aromatic heterocycles. The summed E-state index contributed by atoms with van der Waals surface area (Å²) in [6.45, 7) is 3.40. The van der Waals surface area contributed by atoms with Gasteiger partial charge in [-0.3, -0.25) is 5.32 Å². The first-order valence-electron chi connectivity index (χ1n) is 2.87. The van der Waals surface area contributed by atoms with Gasteiger partial charge in [0.15, 0.2) is 0 Å². The van der Waals surface area contributed by atoms with E-state index in [4.69, 9.17) is 10.5 Å². The number of nitrogens with one attached hydrogen (secondary N) is 1. The first kappa shape index (κ1) is 6.01. The van der Waals surface area contributed by atoms with Crippen molar-refractivity contribution in [3.8, 4) is 0 Å². The van der Waals surface area contributed by atoms with E-state index in [2.05, 4.69) is 12.2 Å². The zero-order valence-corrected chi connectivity index (χ0v) is 5.05. The minimum Gasteiger partial charge on any atom is -0.365 e. The lowest BCUT2D eigenvalue weighted by molar-refractivity contribution is 0.0504. The molecule has 1 heterocycles. The average Bonchev–Trinajstić information content (AvgIpc) is 1.77. The Balaban J connectivity index is 2.28. The summed E-state index contributed by atoms with van der Waals surface area (Å²) >= 11 is 0. The van der Waals surface area contributed by atoms with E-state index in [1.54, 1.807) is 0 Å². The van der Waals surface area contributed by atoms with Crippen molar-refractivity contribution in [1.29, 1.82) is 0 Å². The van der Waals surface area contributed by atoms with Crippen molar-refractivity contribution in [2.75, 3.05) is 13.3 Å². The van der Waals surface area contributed by atoms with Gasteiger partial charge in [-0.15, -0.1) is 0 Å². The number of hydrogen-bond acceptors (Lipinski definition) is 3. The van der Waals surface area contributed by atoms with E-state index in [-0.39, 0.29) is 6.04 Å². The molecule has 8 heavy (non-hydrogen) atoms. The molecule has 1 rings (SSSR count). The second-order valence-electron chi connectivity index (χ2n) is 2.17. The highest BCUT2D eigenvalue weighted by Crippen LogP contribution is 1.95. The van der Waals surface area contributed by atoms with E-state index in [1.807, 2.05) is 0 Å². The molecule has 2 unspecified atom stereocenters. The third-order valence-corrected chi connectivity index (χ3v) is 1.46. The number of rotatable bonds is 0. The highest BCUT2D eigenvalue weighted by Gasteiger charge is 2.15. The molecule has 1 aliphatic rings. The summed E-state index contributed by atoms with van der Waals surface area (Å²) in [6.07, 6.45) is 0. The highest BCUT2D eigenvalue weighted by atomic mass is 16.5. The molecular formula is C5H12N2O. The van der Waals surface area contributed by atoms with Crippen LogP contribution in [0.15, 0.2) is 0 Å². The summed E-state index contributed by atoms with van der Waals surface area (Å²) in [5.74, 6) is 0. The second-order valence-corrected chi connectivity index (χ2v) is 2.17. The summed E-state index contributed by atoms with van der Waals surface area (Å²) in [7, 11) is 0. The molecule has 0 aromatic carbocycles. The predicted octanol–water partition coefficient (Wildman–Crippen LogP) is -0.720. The Bertz CT molecular complexity index is 66.8. The molecule has 0 aliphatic carbocycles. The minimum atomic E-state index is 0.170. The van der Waals surface area contributed by atoms with E-state index in [0.717, 1.165) is 0 Å². The van der Waals surface area contributed by atoms with Gasteiger partial charge in [0, 0.05) is 12.1 Å². The van der Waals surface area contributed by atoms with Crippen molar-refractivity contribution >= 4 is 0 Å². The number of hydrogen-bond donors (Lipinski definition) is 2. The van der Waals surface area contributed by atoms with Crippen molar-refractivity contribution in [2.45, 2.75) is 19.0 Å². The van der Waals surface area contributed by atoms with Crippen LogP contribution in [0.1, 0.15) is 6.92 Å². The third-order valence-electron chi connectivity index (χ3n) is 1.46. The Morgan fingerprint density at radius 2 is 2.50 bits per heavy atom. The van der Waals surface area contributed by atoms with E-state index in [0.29, 0.717) is 19.4 Å². The molecule has 0 bridgehead atoms. The highest BCUT2D eigenvalue weighted by molar-refractivity contribution is 4.76. The van der Waals surface area contributed by atoms with Gasteiger partial charge in [-0.2, -0.15) is 0 Å².